The van der Waals surface area contributed by atoms with Gasteiger partial charge in [-0.25, -0.2) is 4.39 Å². The lowest BCUT2D eigenvalue weighted by atomic mass is 10.1. The van der Waals surface area contributed by atoms with Crippen LogP contribution in [0.3, 0.4) is 0 Å². The Morgan fingerprint density at radius 1 is 1.11 bits per heavy atom. The quantitative estimate of drug-likeness (QED) is 0.521. The molecule has 1 amide bonds. The van der Waals surface area contributed by atoms with E-state index in [1.165, 1.54) is 19.1 Å². The van der Waals surface area contributed by atoms with Crippen LogP contribution in [-0.2, 0) is 11.4 Å². The molecule has 0 radical (unpaired) electrons. The molecule has 0 saturated carbocycles. The predicted octanol–water partition coefficient (Wildman–Crippen LogP) is 4.91. The lowest BCUT2D eigenvalue weighted by Gasteiger charge is -2.07. The fourth-order valence-corrected chi connectivity index (χ4v) is 3.00. The van der Waals surface area contributed by atoms with Crippen LogP contribution in [0.5, 0.6) is 5.75 Å². The van der Waals surface area contributed by atoms with Gasteiger partial charge in [0.15, 0.2) is 0 Å². The summed E-state index contributed by atoms with van der Waals surface area (Å²) in [7, 11) is 0. The molecule has 140 valence electrons. The molecule has 3 aromatic carbocycles. The lowest BCUT2D eigenvalue weighted by molar-refractivity contribution is -0.114. The summed E-state index contributed by atoms with van der Waals surface area (Å²) in [5.74, 6) is 0.299. The second-order valence-corrected chi connectivity index (χ2v) is 6.46. The highest BCUT2D eigenvalue weighted by molar-refractivity contribution is 5.95. The molecule has 0 unspecified atom stereocenters. The topological polar surface area (TPSA) is 67.0 Å². The average molecular weight is 375 g/mol. The number of rotatable bonds is 5. The molecule has 0 aliphatic rings. The summed E-state index contributed by atoms with van der Waals surface area (Å²) in [5.41, 5.74) is 4.14. The Balaban J connectivity index is 1.61. The van der Waals surface area contributed by atoms with Gasteiger partial charge in [0, 0.05) is 23.6 Å². The molecule has 0 aliphatic heterocycles. The van der Waals surface area contributed by atoms with E-state index >= 15 is 0 Å². The van der Waals surface area contributed by atoms with Gasteiger partial charge in [0.1, 0.15) is 23.9 Å². The molecular formula is C22H18FN3O2. The van der Waals surface area contributed by atoms with Crippen LogP contribution in [0.25, 0.3) is 22.2 Å². The van der Waals surface area contributed by atoms with Crippen LogP contribution in [0.1, 0.15) is 12.5 Å². The molecule has 5 nitrogen and oxygen atoms in total. The molecule has 1 heterocycles. The fourth-order valence-electron chi connectivity index (χ4n) is 3.00. The number of amides is 1. The maximum absolute atomic E-state index is 13.0. The van der Waals surface area contributed by atoms with Crippen LogP contribution < -0.4 is 10.1 Å². The van der Waals surface area contributed by atoms with Gasteiger partial charge in [-0.2, -0.15) is 5.10 Å². The Labute approximate surface area is 161 Å². The second-order valence-electron chi connectivity index (χ2n) is 6.46. The van der Waals surface area contributed by atoms with E-state index in [9.17, 15) is 9.18 Å². The van der Waals surface area contributed by atoms with E-state index in [2.05, 4.69) is 15.5 Å². The normalized spacial score (nSPS) is 10.8. The molecule has 0 saturated heterocycles. The van der Waals surface area contributed by atoms with E-state index in [1.807, 2.05) is 42.5 Å². The van der Waals surface area contributed by atoms with E-state index < -0.39 is 0 Å². The first-order valence-corrected chi connectivity index (χ1v) is 8.82. The zero-order valence-electron chi connectivity index (χ0n) is 15.2. The highest BCUT2D eigenvalue weighted by Gasteiger charge is 2.10. The van der Waals surface area contributed by atoms with Gasteiger partial charge in [0.05, 0.1) is 5.52 Å². The third-order valence-corrected chi connectivity index (χ3v) is 4.31. The minimum atomic E-state index is -0.269. The number of carbonyl (C=O) groups is 1. The van der Waals surface area contributed by atoms with Crippen LogP contribution in [0.15, 0.2) is 66.7 Å². The summed E-state index contributed by atoms with van der Waals surface area (Å²) in [6.07, 6.45) is 0. The van der Waals surface area contributed by atoms with Crippen molar-refractivity contribution in [3.8, 4) is 17.0 Å². The predicted molar refractivity (Wildman–Crippen MR) is 107 cm³/mol. The maximum atomic E-state index is 13.0. The number of nitrogens with zero attached hydrogens (tertiary/aromatic N) is 1. The third kappa shape index (κ3) is 3.86. The van der Waals surface area contributed by atoms with E-state index in [-0.39, 0.29) is 11.7 Å². The molecule has 0 fully saturated rings. The fraction of sp³-hybridized carbons (Fsp3) is 0.0909. The molecule has 4 rings (SSSR count). The first-order valence-electron chi connectivity index (χ1n) is 8.82. The Hall–Kier alpha value is -3.67. The van der Waals surface area contributed by atoms with Crippen molar-refractivity contribution in [2.75, 3.05) is 5.32 Å². The smallest absolute Gasteiger partial charge is 0.221 e. The van der Waals surface area contributed by atoms with Crippen LogP contribution in [-0.4, -0.2) is 16.1 Å². The van der Waals surface area contributed by atoms with Crippen molar-refractivity contribution in [2.45, 2.75) is 13.5 Å². The molecule has 0 atom stereocenters. The average Bonchev–Trinajstić information content (AvgIpc) is 3.10. The molecule has 28 heavy (non-hydrogen) atoms. The molecule has 0 bridgehead atoms. The summed E-state index contributed by atoms with van der Waals surface area (Å²) in [5, 5.41) is 11.1. The molecule has 1 aromatic heterocycles. The van der Waals surface area contributed by atoms with Gasteiger partial charge in [-0.05, 0) is 48.0 Å². The molecule has 4 aromatic rings. The molecule has 2 N–H and O–H groups in total. The zero-order chi connectivity index (χ0) is 19.5. The number of anilines is 1. The number of halogens is 1. The summed E-state index contributed by atoms with van der Waals surface area (Å²) in [6.45, 7) is 1.82. The number of hydrogen-bond donors (Lipinski definition) is 2. The molecule has 6 heteroatoms. The monoisotopic (exact) mass is 375 g/mol. The number of nitrogens with one attached hydrogen (secondary N) is 2. The summed E-state index contributed by atoms with van der Waals surface area (Å²) in [6, 6.07) is 19.4. The lowest BCUT2D eigenvalue weighted by Crippen LogP contribution is -2.05. The summed E-state index contributed by atoms with van der Waals surface area (Å²) in [4.78, 5) is 11.3. The van der Waals surface area contributed by atoms with Crippen LogP contribution >= 0.6 is 0 Å². The van der Waals surface area contributed by atoms with E-state index in [0.717, 1.165) is 27.7 Å². The number of aromatic amines is 1. The van der Waals surface area contributed by atoms with Crippen LogP contribution in [0.4, 0.5) is 10.1 Å². The zero-order valence-corrected chi connectivity index (χ0v) is 15.2. The van der Waals surface area contributed by atoms with Crippen molar-refractivity contribution in [3.63, 3.8) is 0 Å². The van der Waals surface area contributed by atoms with Crippen molar-refractivity contribution >= 4 is 22.5 Å². The standard InChI is InChI=1S/C22H18FN3O2/c1-14(27)24-18-4-2-3-16(11-18)22-20-12-19(9-10-21(20)25-26-22)28-13-15-5-7-17(23)8-6-15/h2-12H,13H2,1H3,(H,24,27)(H,25,26). The number of aromatic nitrogens is 2. The van der Waals surface area contributed by atoms with Crippen molar-refractivity contribution in [3.05, 3.63) is 78.1 Å². The van der Waals surface area contributed by atoms with Crippen LogP contribution in [0, 0.1) is 5.82 Å². The first-order chi connectivity index (χ1) is 13.6. The third-order valence-electron chi connectivity index (χ3n) is 4.31. The van der Waals surface area contributed by atoms with Crippen molar-refractivity contribution in [1.29, 1.82) is 0 Å². The van der Waals surface area contributed by atoms with Crippen molar-refractivity contribution in [2.24, 2.45) is 0 Å². The Bertz CT molecular complexity index is 1140. The van der Waals surface area contributed by atoms with Gasteiger partial charge in [0.25, 0.3) is 0 Å². The Kier molecular flexibility index (Phi) is 4.76. The second kappa shape index (κ2) is 7.52. The minimum absolute atomic E-state index is 0.125. The van der Waals surface area contributed by atoms with Crippen molar-refractivity contribution in [1.82, 2.24) is 10.2 Å². The van der Waals surface area contributed by atoms with Gasteiger partial charge >= 0.3 is 0 Å². The van der Waals surface area contributed by atoms with Crippen molar-refractivity contribution < 1.29 is 13.9 Å². The SMILES string of the molecule is CC(=O)Nc1cccc(-c2n[nH]c3ccc(OCc4ccc(F)cc4)cc23)c1. The van der Waals surface area contributed by atoms with Gasteiger partial charge < -0.3 is 10.1 Å². The molecule has 0 aliphatic carbocycles. The minimum Gasteiger partial charge on any atom is -0.489 e. The number of hydrogen-bond acceptors (Lipinski definition) is 3. The summed E-state index contributed by atoms with van der Waals surface area (Å²) >= 11 is 0. The van der Waals surface area contributed by atoms with E-state index in [4.69, 9.17) is 4.74 Å². The van der Waals surface area contributed by atoms with Gasteiger partial charge in [-0.3, -0.25) is 9.89 Å². The van der Waals surface area contributed by atoms with Gasteiger partial charge in [-0.15, -0.1) is 0 Å². The Morgan fingerprint density at radius 3 is 2.71 bits per heavy atom. The Morgan fingerprint density at radius 2 is 1.93 bits per heavy atom. The van der Waals surface area contributed by atoms with Crippen LogP contribution in [0.2, 0.25) is 0 Å². The number of ether oxygens (including phenoxy) is 1. The highest BCUT2D eigenvalue weighted by atomic mass is 19.1. The largest absolute Gasteiger partial charge is 0.489 e. The van der Waals surface area contributed by atoms with E-state index in [1.54, 1.807) is 12.1 Å². The number of carbonyl (C=O) groups excluding carboxylic acids is 1. The maximum Gasteiger partial charge on any atom is 0.221 e. The molecule has 0 spiro atoms. The van der Waals surface area contributed by atoms with E-state index in [0.29, 0.717) is 18.0 Å². The molecular weight excluding hydrogens is 357 g/mol. The summed E-state index contributed by atoms with van der Waals surface area (Å²) < 4.78 is 18.9. The first kappa shape index (κ1) is 17.7. The number of H-pyrrole nitrogens is 1. The number of fused-ring (bicyclic) bond motifs is 1. The number of benzene rings is 3. The highest BCUT2D eigenvalue weighted by Crippen LogP contribution is 2.30. The van der Waals surface area contributed by atoms with Gasteiger partial charge in [-0.1, -0.05) is 24.3 Å². The van der Waals surface area contributed by atoms with Gasteiger partial charge in [0.2, 0.25) is 5.91 Å².